The van der Waals surface area contributed by atoms with Gasteiger partial charge in [-0.15, -0.1) is 0 Å². The van der Waals surface area contributed by atoms with Crippen molar-refractivity contribution in [3.05, 3.63) is 65.2 Å². The van der Waals surface area contributed by atoms with Gasteiger partial charge in [0.05, 0.1) is 0 Å². The first-order chi connectivity index (χ1) is 13.2. The summed E-state index contributed by atoms with van der Waals surface area (Å²) in [6.07, 6.45) is 3.87. The minimum Gasteiger partial charge on any atom is -0.339 e. The van der Waals surface area contributed by atoms with Crippen molar-refractivity contribution < 1.29 is 9.59 Å². The van der Waals surface area contributed by atoms with Gasteiger partial charge >= 0.3 is 0 Å². The van der Waals surface area contributed by atoms with Crippen LogP contribution in [0.15, 0.2) is 48.5 Å². The fourth-order valence-electron chi connectivity index (χ4n) is 3.69. The molecular weight excluding hydrogens is 336 g/mol. The largest absolute Gasteiger partial charge is 0.339 e. The van der Waals surface area contributed by atoms with Gasteiger partial charge in [0.25, 0.3) is 11.8 Å². The number of anilines is 1. The lowest BCUT2D eigenvalue weighted by Gasteiger charge is -2.29. The van der Waals surface area contributed by atoms with E-state index >= 15 is 0 Å². The van der Waals surface area contributed by atoms with Crippen LogP contribution in [0.3, 0.4) is 0 Å². The van der Waals surface area contributed by atoms with Crippen molar-refractivity contribution in [3.63, 3.8) is 0 Å². The van der Waals surface area contributed by atoms with Gasteiger partial charge < -0.3 is 9.80 Å². The number of para-hydroxylation sites is 1. The highest BCUT2D eigenvalue weighted by Crippen LogP contribution is 2.28. The lowest BCUT2D eigenvalue weighted by molar-refractivity contribution is 0.0755. The Morgan fingerprint density at radius 1 is 0.926 bits per heavy atom. The number of amides is 2. The molecule has 0 saturated carbocycles. The highest BCUT2D eigenvalue weighted by Gasteiger charge is 2.23. The quantitative estimate of drug-likeness (QED) is 0.755. The topological polar surface area (TPSA) is 40.6 Å². The molecule has 0 N–H and O–H groups in total. The molecule has 0 atom stereocenters. The Balaban J connectivity index is 1.78. The number of rotatable bonds is 6. The third-order valence-corrected chi connectivity index (χ3v) is 5.01. The lowest BCUT2D eigenvalue weighted by Crippen LogP contribution is -2.35. The maximum absolute atomic E-state index is 13.0. The van der Waals surface area contributed by atoms with E-state index in [0.717, 1.165) is 51.0 Å². The van der Waals surface area contributed by atoms with Gasteiger partial charge in [0.1, 0.15) is 0 Å². The van der Waals surface area contributed by atoms with Crippen molar-refractivity contribution in [2.45, 2.75) is 39.5 Å². The number of hydrogen-bond acceptors (Lipinski definition) is 2. The summed E-state index contributed by atoms with van der Waals surface area (Å²) >= 11 is 0. The van der Waals surface area contributed by atoms with E-state index in [1.807, 2.05) is 28.0 Å². The molecule has 0 spiro atoms. The Hall–Kier alpha value is -2.62. The van der Waals surface area contributed by atoms with E-state index in [-0.39, 0.29) is 11.8 Å². The highest BCUT2D eigenvalue weighted by molar-refractivity contribution is 6.07. The number of aryl methyl sites for hydroxylation is 1. The Labute approximate surface area is 161 Å². The molecule has 0 fully saturated rings. The van der Waals surface area contributed by atoms with Crippen LogP contribution in [-0.2, 0) is 6.42 Å². The fourth-order valence-corrected chi connectivity index (χ4v) is 3.69. The number of hydrogen-bond donors (Lipinski definition) is 0. The molecule has 0 bridgehead atoms. The summed E-state index contributed by atoms with van der Waals surface area (Å²) < 4.78 is 0. The zero-order valence-corrected chi connectivity index (χ0v) is 16.3. The van der Waals surface area contributed by atoms with E-state index in [9.17, 15) is 9.59 Å². The second-order valence-electron chi connectivity index (χ2n) is 7.06. The third kappa shape index (κ3) is 4.21. The van der Waals surface area contributed by atoms with Crippen molar-refractivity contribution in [1.82, 2.24) is 4.90 Å². The summed E-state index contributed by atoms with van der Waals surface area (Å²) in [5, 5.41) is 0. The second-order valence-corrected chi connectivity index (χ2v) is 7.06. The first-order valence-electron chi connectivity index (χ1n) is 9.94. The van der Waals surface area contributed by atoms with Crippen molar-refractivity contribution in [3.8, 4) is 0 Å². The summed E-state index contributed by atoms with van der Waals surface area (Å²) in [5.74, 6) is 0.0427. The van der Waals surface area contributed by atoms with Crippen LogP contribution in [0, 0.1) is 0 Å². The number of carbonyl (C=O) groups excluding carboxylic acids is 2. The van der Waals surface area contributed by atoms with E-state index in [2.05, 4.69) is 19.9 Å². The summed E-state index contributed by atoms with van der Waals surface area (Å²) in [6, 6.07) is 15.2. The summed E-state index contributed by atoms with van der Waals surface area (Å²) in [5.41, 5.74) is 3.50. The van der Waals surface area contributed by atoms with Crippen LogP contribution in [0.4, 0.5) is 5.69 Å². The van der Waals surface area contributed by atoms with E-state index in [1.165, 1.54) is 5.56 Å². The first kappa shape index (κ1) is 19.2. The minimum atomic E-state index is 0.000112. The molecule has 27 heavy (non-hydrogen) atoms. The third-order valence-electron chi connectivity index (χ3n) is 5.01. The van der Waals surface area contributed by atoms with Gasteiger partial charge in [-0.1, -0.05) is 32.0 Å². The standard InChI is InChI=1S/C23H28N2O2/c1-3-15-24(16-4-2)22(26)19-11-13-20(14-12-19)23(27)25-17-7-9-18-8-5-6-10-21(18)25/h5-6,8,10-14H,3-4,7,9,15-17H2,1-2H3. The lowest BCUT2D eigenvalue weighted by atomic mass is 10.0. The van der Waals surface area contributed by atoms with E-state index in [4.69, 9.17) is 0 Å². The SMILES string of the molecule is CCCN(CCC)C(=O)c1ccc(C(=O)N2CCCc3ccccc32)cc1. The van der Waals surface area contributed by atoms with Crippen molar-refractivity contribution >= 4 is 17.5 Å². The molecule has 4 heteroatoms. The first-order valence-corrected chi connectivity index (χ1v) is 9.94. The molecule has 1 aliphatic heterocycles. The van der Waals surface area contributed by atoms with Crippen molar-refractivity contribution in [2.75, 3.05) is 24.5 Å². The molecular formula is C23H28N2O2. The molecule has 0 aromatic heterocycles. The minimum absolute atomic E-state index is 0.000112. The molecule has 1 heterocycles. The smallest absolute Gasteiger partial charge is 0.258 e. The van der Waals surface area contributed by atoms with Gasteiger partial charge in [-0.2, -0.15) is 0 Å². The molecule has 0 aliphatic carbocycles. The Bertz CT molecular complexity index is 792. The molecule has 2 aromatic rings. The average Bonchev–Trinajstić information content (AvgIpc) is 2.72. The molecule has 142 valence electrons. The van der Waals surface area contributed by atoms with Gasteiger partial charge in [-0.05, 0) is 61.6 Å². The summed E-state index contributed by atoms with van der Waals surface area (Å²) in [7, 11) is 0. The Kier molecular flexibility index (Phi) is 6.28. The van der Waals surface area contributed by atoms with E-state index in [1.54, 1.807) is 24.3 Å². The molecule has 2 amide bonds. The van der Waals surface area contributed by atoms with Gasteiger partial charge in [-0.25, -0.2) is 0 Å². The van der Waals surface area contributed by atoms with Gasteiger partial charge in [-0.3, -0.25) is 9.59 Å². The van der Waals surface area contributed by atoms with Crippen molar-refractivity contribution in [1.29, 1.82) is 0 Å². The molecule has 4 nitrogen and oxygen atoms in total. The van der Waals surface area contributed by atoms with Gasteiger partial charge in [0.2, 0.25) is 0 Å². The molecule has 0 unspecified atom stereocenters. The van der Waals surface area contributed by atoms with E-state index < -0.39 is 0 Å². The van der Waals surface area contributed by atoms with Crippen LogP contribution in [0.5, 0.6) is 0 Å². The average molecular weight is 364 g/mol. The predicted octanol–water partition coefficient (Wildman–Crippen LogP) is 4.54. The van der Waals surface area contributed by atoms with Gasteiger partial charge in [0, 0.05) is 36.4 Å². The maximum atomic E-state index is 13.0. The predicted molar refractivity (Wildman–Crippen MR) is 109 cm³/mol. The molecule has 1 aliphatic rings. The summed E-state index contributed by atoms with van der Waals surface area (Å²) in [6.45, 7) is 6.41. The number of fused-ring (bicyclic) bond motifs is 1. The fraction of sp³-hybridized carbons (Fsp3) is 0.391. The zero-order valence-electron chi connectivity index (χ0n) is 16.3. The van der Waals surface area contributed by atoms with Crippen LogP contribution in [0.1, 0.15) is 59.4 Å². The number of nitrogens with zero attached hydrogens (tertiary/aromatic N) is 2. The highest BCUT2D eigenvalue weighted by atomic mass is 16.2. The summed E-state index contributed by atoms with van der Waals surface area (Å²) in [4.78, 5) is 29.5. The van der Waals surface area contributed by atoms with Crippen LogP contribution in [0.2, 0.25) is 0 Å². The van der Waals surface area contributed by atoms with Crippen LogP contribution >= 0.6 is 0 Å². The molecule has 0 saturated heterocycles. The number of carbonyl (C=O) groups is 2. The van der Waals surface area contributed by atoms with Crippen molar-refractivity contribution in [2.24, 2.45) is 0 Å². The van der Waals surface area contributed by atoms with Crippen LogP contribution in [-0.4, -0.2) is 36.3 Å². The zero-order chi connectivity index (χ0) is 19.2. The molecule has 3 rings (SSSR count). The normalized spacial score (nSPS) is 13.2. The van der Waals surface area contributed by atoms with E-state index in [0.29, 0.717) is 11.1 Å². The second kappa shape index (κ2) is 8.85. The Morgan fingerprint density at radius 2 is 1.56 bits per heavy atom. The molecule has 0 radical (unpaired) electrons. The maximum Gasteiger partial charge on any atom is 0.258 e. The van der Waals surface area contributed by atoms with Gasteiger partial charge in [0.15, 0.2) is 0 Å². The van der Waals surface area contributed by atoms with Crippen LogP contribution in [0.25, 0.3) is 0 Å². The monoisotopic (exact) mass is 364 g/mol. The number of benzene rings is 2. The Morgan fingerprint density at radius 3 is 2.22 bits per heavy atom. The van der Waals surface area contributed by atoms with Crippen LogP contribution < -0.4 is 4.90 Å². The molecule has 2 aromatic carbocycles.